The zero-order chi connectivity index (χ0) is 32.9. The minimum Gasteiger partial charge on any atom is -0.493 e. The third-order valence-corrected chi connectivity index (χ3v) is 6.95. The molecular weight excluding hydrogens is 532 g/mol. The molecule has 0 N–H and O–H groups in total. The monoisotopic (exact) mass is 599 g/mol. The van der Waals surface area contributed by atoms with Crippen LogP contribution in [0.3, 0.4) is 0 Å². The summed E-state index contributed by atoms with van der Waals surface area (Å²) in [5, 5.41) is 0. The third kappa shape index (κ3) is 20.8. The topological polar surface area (TPSA) is 59.5 Å². The number of ether oxygens (including phenoxy) is 1. The normalized spacial score (nSPS) is 13.7. The van der Waals surface area contributed by atoms with Crippen LogP contribution in [0.2, 0.25) is 0 Å². The highest BCUT2D eigenvalue weighted by atomic mass is 16.5. The van der Waals surface area contributed by atoms with E-state index in [2.05, 4.69) is 64.7 Å². The fraction of sp³-hybridized carbons (Fsp3) is 0.658. The lowest BCUT2D eigenvalue weighted by atomic mass is 9.86. The van der Waals surface area contributed by atoms with Crippen molar-refractivity contribution < 1.29 is 14.3 Å². The van der Waals surface area contributed by atoms with Crippen molar-refractivity contribution in [1.29, 1.82) is 0 Å². The van der Waals surface area contributed by atoms with Gasteiger partial charge in [0.25, 0.3) is 0 Å². The Morgan fingerprint density at radius 1 is 1.05 bits per heavy atom. The molecule has 246 valence electrons. The van der Waals surface area contributed by atoms with Crippen molar-refractivity contribution >= 4 is 12.2 Å². The summed E-state index contributed by atoms with van der Waals surface area (Å²) in [5.41, 5.74) is 3.98. The predicted octanol–water partition coefficient (Wildman–Crippen LogP) is 10.4. The van der Waals surface area contributed by atoms with Crippen molar-refractivity contribution in [3.8, 4) is 5.75 Å². The number of aryl methyl sites for hydroxylation is 1. The van der Waals surface area contributed by atoms with E-state index in [0.29, 0.717) is 17.7 Å². The minimum atomic E-state index is 0.347. The van der Waals surface area contributed by atoms with Gasteiger partial charge in [-0.2, -0.15) is 0 Å². The highest BCUT2D eigenvalue weighted by Crippen LogP contribution is 2.34. The molecule has 43 heavy (non-hydrogen) atoms. The van der Waals surface area contributed by atoms with Crippen LogP contribution in [-0.4, -0.2) is 41.8 Å². The molecule has 1 aromatic carbocycles. The van der Waals surface area contributed by atoms with Gasteiger partial charge in [-0.1, -0.05) is 99.3 Å². The highest BCUT2D eigenvalue weighted by molar-refractivity contribution is 5.78. The molecule has 3 heterocycles. The maximum absolute atomic E-state index is 11.7. The molecule has 1 saturated heterocycles. The van der Waals surface area contributed by atoms with E-state index < -0.39 is 0 Å². The molecule has 0 saturated carbocycles. The number of hydrogen-bond acceptors (Lipinski definition) is 4. The van der Waals surface area contributed by atoms with Gasteiger partial charge in [0.2, 0.25) is 5.91 Å². The van der Waals surface area contributed by atoms with Gasteiger partial charge in [-0.15, -0.1) is 0 Å². The predicted molar refractivity (Wildman–Crippen MR) is 186 cm³/mol. The van der Waals surface area contributed by atoms with Gasteiger partial charge in [0.1, 0.15) is 12.0 Å². The summed E-state index contributed by atoms with van der Waals surface area (Å²) in [6.45, 7) is 23.5. The third-order valence-electron chi connectivity index (χ3n) is 6.95. The molecule has 2 atom stereocenters. The van der Waals surface area contributed by atoms with Gasteiger partial charge in [-0.25, -0.2) is 0 Å². The summed E-state index contributed by atoms with van der Waals surface area (Å²) in [5.74, 6) is 2.67. The fourth-order valence-electron chi connectivity index (χ4n) is 4.70. The van der Waals surface area contributed by atoms with Crippen LogP contribution < -0.4 is 4.74 Å². The lowest BCUT2D eigenvalue weighted by Gasteiger charge is -2.23. The van der Waals surface area contributed by atoms with Crippen LogP contribution in [0, 0.1) is 12.8 Å². The number of fused-ring (bicyclic) bond motifs is 1. The second-order valence-electron chi connectivity index (χ2n) is 11.0. The van der Waals surface area contributed by atoms with Crippen LogP contribution in [0.5, 0.6) is 5.75 Å². The number of carbonyl (C=O) groups excluding carboxylic acids is 2. The summed E-state index contributed by atoms with van der Waals surface area (Å²) >= 11 is 0. The molecule has 0 bridgehead atoms. The number of nitrogens with zero attached hydrogens (tertiary/aromatic N) is 2. The van der Waals surface area contributed by atoms with Crippen molar-refractivity contribution in [2.24, 2.45) is 5.92 Å². The number of pyridine rings is 1. The van der Waals surface area contributed by atoms with E-state index in [0.717, 1.165) is 63.8 Å². The van der Waals surface area contributed by atoms with Crippen LogP contribution in [0.4, 0.5) is 0 Å². The molecule has 1 aromatic heterocycles. The number of likely N-dealkylation sites (tertiary alicyclic amines) is 1. The Morgan fingerprint density at radius 2 is 1.70 bits per heavy atom. The van der Waals surface area contributed by atoms with Crippen molar-refractivity contribution in [1.82, 2.24) is 9.88 Å². The van der Waals surface area contributed by atoms with Crippen molar-refractivity contribution in [2.45, 2.75) is 139 Å². The molecule has 2 aliphatic rings. The molecule has 2 unspecified atom stereocenters. The first-order valence-corrected chi connectivity index (χ1v) is 17.1. The van der Waals surface area contributed by atoms with Gasteiger partial charge in [0.05, 0.1) is 6.61 Å². The summed E-state index contributed by atoms with van der Waals surface area (Å²) in [6.07, 6.45) is 16.0. The highest BCUT2D eigenvalue weighted by Gasteiger charge is 2.22. The van der Waals surface area contributed by atoms with Crippen molar-refractivity contribution in [3.05, 3.63) is 59.4 Å². The summed E-state index contributed by atoms with van der Waals surface area (Å²) in [6, 6.07) is 10.7. The number of aldehydes is 1. The maximum Gasteiger partial charge on any atom is 0.222 e. The zero-order valence-corrected chi connectivity index (χ0v) is 29.6. The fourth-order valence-corrected chi connectivity index (χ4v) is 4.70. The van der Waals surface area contributed by atoms with Crippen LogP contribution in [0.15, 0.2) is 42.7 Å². The van der Waals surface area contributed by atoms with E-state index in [-0.39, 0.29) is 0 Å². The average Bonchev–Trinajstić information content (AvgIpc) is 3.66. The van der Waals surface area contributed by atoms with Crippen LogP contribution in [-0.2, 0) is 16.0 Å². The molecule has 0 aliphatic carbocycles. The second kappa shape index (κ2) is 29.4. The number of benzene rings is 1. The molecule has 0 spiro atoms. The van der Waals surface area contributed by atoms with Gasteiger partial charge in [0.15, 0.2) is 0 Å². The van der Waals surface area contributed by atoms with Gasteiger partial charge < -0.3 is 14.4 Å². The van der Waals surface area contributed by atoms with Gasteiger partial charge >= 0.3 is 0 Å². The molecule has 2 aliphatic heterocycles. The number of amides is 1. The Kier molecular flexibility index (Phi) is 29.0. The van der Waals surface area contributed by atoms with E-state index in [9.17, 15) is 4.79 Å². The first kappa shape index (κ1) is 42.4. The molecule has 4 rings (SSSR count). The van der Waals surface area contributed by atoms with Crippen LogP contribution in [0.25, 0.3) is 0 Å². The van der Waals surface area contributed by atoms with Gasteiger partial charge in [0, 0.05) is 38.3 Å². The SMILES string of the molecule is CC.CC=O.CCC.CCC(CC(C)CCN1CCCC1=O)c1ccc2c(c1)OCC2.CCCCC.Cc1cccnc1. The molecule has 2 aromatic rings. The summed E-state index contributed by atoms with van der Waals surface area (Å²) in [7, 11) is 0. The largest absolute Gasteiger partial charge is 0.493 e. The van der Waals surface area contributed by atoms with Crippen LogP contribution in [0.1, 0.15) is 143 Å². The lowest BCUT2D eigenvalue weighted by molar-refractivity contribution is -0.127. The first-order chi connectivity index (χ1) is 20.8. The molecule has 0 radical (unpaired) electrons. The zero-order valence-electron chi connectivity index (χ0n) is 29.6. The van der Waals surface area contributed by atoms with Crippen molar-refractivity contribution in [2.75, 3.05) is 19.7 Å². The Balaban J connectivity index is 0. The first-order valence-electron chi connectivity index (χ1n) is 17.1. The number of aromatic nitrogens is 1. The Morgan fingerprint density at radius 3 is 2.14 bits per heavy atom. The van der Waals surface area contributed by atoms with Crippen molar-refractivity contribution in [3.63, 3.8) is 0 Å². The number of unbranched alkanes of at least 4 members (excludes halogenated alkanes) is 2. The van der Waals surface area contributed by atoms with E-state index >= 15 is 0 Å². The Labute approximate surface area is 266 Å². The molecule has 1 fully saturated rings. The Hall–Kier alpha value is -2.69. The number of rotatable bonds is 9. The van der Waals surface area contributed by atoms with E-state index in [4.69, 9.17) is 9.53 Å². The second-order valence-corrected chi connectivity index (χ2v) is 11.0. The quantitative estimate of drug-likeness (QED) is 0.269. The van der Waals surface area contributed by atoms with Crippen LogP contribution >= 0.6 is 0 Å². The van der Waals surface area contributed by atoms with E-state index in [1.807, 2.05) is 44.0 Å². The molecule has 5 heteroatoms. The lowest BCUT2D eigenvalue weighted by Crippen LogP contribution is -2.27. The van der Waals surface area contributed by atoms with Gasteiger partial charge in [-0.05, 0) is 80.2 Å². The van der Waals surface area contributed by atoms with E-state index in [1.165, 1.54) is 55.7 Å². The smallest absolute Gasteiger partial charge is 0.222 e. The summed E-state index contributed by atoms with van der Waals surface area (Å²) < 4.78 is 5.72. The average molecular weight is 599 g/mol. The molecule has 1 amide bonds. The minimum absolute atomic E-state index is 0.347. The van der Waals surface area contributed by atoms with Gasteiger partial charge in [-0.3, -0.25) is 9.78 Å². The molecular formula is C38H66N2O3. The Bertz CT molecular complexity index is 915. The molecule has 5 nitrogen and oxygen atoms in total. The summed E-state index contributed by atoms with van der Waals surface area (Å²) in [4.78, 5) is 26.4. The standard InChI is InChI=1S/C20H29NO2.C6H7N.C5H12.C3H8.C2H4O.C2H6/c1-3-16(18-7-6-17-9-12-23-19(17)14-18)13-15(2)8-11-21-10-4-5-20(21)22;1-6-3-2-4-7-5-6;1-3-5-4-2;1-3-2;1-2-3;1-2/h6-7,14-16H,3-5,8-13H2,1-2H3;2-5H,1H3;3-5H2,1-2H3;3H2,1-2H3;2H,1H3;1-2H3. The number of carbonyl (C=O) groups is 2. The maximum atomic E-state index is 11.7. The van der Waals surface area contributed by atoms with E-state index in [1.54, 1.807) is 6.20 Å². The number of hydrogen-bond donors (Lipinski definition) is 0.